The fourth-order valence-electron chi connectivity index (χ4n) is 4.70. The number of carboxylic acid groups (broad SMARTS) is 1. The van der Waals surface area contributed by atoms with Gasteiger partial charge in [-0.3, -0.25) is 19.3 Å². The van der Waals surface area contributed by atoms with E-state index in [0.717, 1.165) is 27.4 Å². The summed E-state index contributed by atoms with van der Waals surface area (Å²) in [5.41, 5.74) is 1.29. The first-order chi connectivity index (χ1) is 22.7. The van der Waals surface area contributed by atoms with E-state index < -0.39 is 47.9 Å². The average molecular weight is 805 g/mol. The number of esters is 1. The number of thiazole rings is 1. The second kappa shape index (κ2) is 15.5. The summed E-state index contributed by atoms with van der Waals surface area (Å²) in [7, 11) is 0. The quantitative estimate of drug-likeness (QED) is 0.0749. The van der Waals surface area contributed by atoms with E-state index in [1.54, 1.807) is 6.08 Å². The number of β-lactam (4-membered cyclic amide) rings is 1. The van der Waals surface area contributed by atoms with Gasteiger partial charge in [-0.15, -0.1) is 23.1 Å². The van der Waals surface area contributed by atoms with Crippen molar-refractivity contribution in [3.63, 3.8) is 0 Å². The molecule has 5 rings (SSSR count). The molecule has 1 aromatic heterocycles. The summed E-state index contributed by atoms with van der Waals surface area (Å²) in [6.07, 6.45) is 1.23. The highest BCUT2D eigenvalue weighted by Gasteiger charge is 2.54. The van der Waals surface area contributed by atoms with Crippen LogP contribution in [0.2, 0.25) is 0 Å². The van der Waals surface area contributed by atoms with Crippen molar-refractivity contribution in [1.29, 1.82) is 0 Å². The molecule has 1 fully saturated rings. The number of carbonyl (C=O) groups excluding carboxylic acids is 4. The standard InChI is InChI=1S/C30H23Br2N5O8S2/c31-20(32)11-18-13-46-28-23(27(41)37(28)24(18)29(42)43)35-26(40)22(19-14-47-30(34-19)33-15-38)36-44-12-21(39)45-25(16-7-3-1-4-8-16)17-9-5-2-6-10-17/h1-11,14-15,23,25,28H,12-13H2,(H,35,40)(H,42,43)(H,33,34,38)/t23?,28-/m0/s1. The highest BCUT2D eigenvalue weighted by atomic mass is 79.9. The summed E-state index contributed by atoms with van der Waals surface area (Å²) in [5.74, 6) is -3.31. The van der Waals surface area contributed by atoms with Gasteiger partial charge in [0.25, 0.3) is 11.8 Å². The van der Waals surface area contributed by atoms with Crippen LogP contribution in [0, 0.1) is 0 Å². The lowest BCUT2D eigenvalue weighted by molar-refractivity contribution is -0.153. The summed E-state index contributed by atoms with van der Waals surface area (Å²) >= 11 is 8.69. The zero-order valence-corrected chi connectivity index (χ0v) is 28.7. The van der Waals surface area contributed by atoms with Gasteiger partial charge in [-0.05, 0) is 54.6 Å². The number of fused-ring (bicyclic) bond motifs is 1. The van der Waals surface area contributed by atoms with Gasteiger partial charge >= 0.3 is 11.9 Å². The molecule has 1 unspecified atom stereocenters. The minimum atomic E-state index is -1.29. The molecule has 13 nitrogen and oxygen atoms in total. The molecule has 3 N–H and O–H groups in total. The predicted octanol–water partition coefficient (Wildman–Crippen LogP) is 4.13. The largest absolute Gasteiger partial charge is 0.477 e. The van der Waals surface area contributed by atoms with Crippen LogP contribution >= 0.6 is 55.0 Å². The molecule has 17 heteroatoms. The van der Waals surface area contributed by atoms with Gasteiger partial charge in [0.1, 0.15) is 22.8 Å². The Kier molecular flexibility index (Phi) is 11.2. The molecule has 0 radical (unpaired) electrons. The first kappa shape index (κ1) is 34.0. The maximum absolute atomic E-state index is 13.5. The predicted molar refractivity (Wildman–Crippen MR) is 181 cm³/mol. The SMILES string of the molecule is O=CNc1nc(C(=NOCC(=O)OC(c2ccccc2)c2ccccc2)C(=O)NC2C(=O)N3C(C(=O)O)=C(C=C(Br)Br)CS[C@@H]23)cs1. The lowest BCUT2D eigenvalue weighted by atomic mass is 10.0. The van der Waals surface area contributed by atoms with E-state index in [1.165, 1.54) is 17.1 Å². The summed E-state index contributed by atoms with van der Waals surface area (Å²) in [6.45, 7) is -0.669. The third-order valence-electron chi connectivity index (χ3n) is 6.71. The number of nitrogens with zero attached hydrogens (tertiary/aromatic N) is 3. The van der Waals surface area contributed by atoms with Crippen LogP contribution < -0.4 is 10.6 Å². The number of thioether (sulfide) groups is 1. The summed E-state index contributed by atoms with van der Waals surface area (Å²) in [5, 5.41) is 19.5. The van der Waals surface area contributed by atoms with Crippen LogP contribution in [0.15, 0.2) is 91.9 Å². The number of nitrogens with one attached hydrogen (secondary N) is 2. The zero-order valence-electron chi connectivity index (χ0n) is 23.9. The molecule has 1 saturated heterocycles. The molecular weight excluding hydrogens is 782 g/mol. The smallest absolute Gasteiger partial charge is 0.352 e. The number of carboxylic acids is 1. The Morgan fingerprint density at radius 1 is 1.11 bits per heavy atom. The number of aliphatic carboxylic acids is 1. The lowest BCUT2D eigenvalue weighted by Crippen LogP contribution is -2.71. The Labute approximate surface area is 292 Å². The minimum Gasteiger partial charge on any atom is -0.477 e. The number of oxime groups is 1. The van der Waals surface area contributed by atoms with E-state index in [0.29, 0.717) is 15.4 Å². The molecule has 47 heavy (non-hydrogen) atoms. The van der Waals surface area contributed by atoms with Crippen LogP contribution in [0.25, 0.3) is 0 Å². The molecule has 2 aromatic carbocycles. The van der Waals surface area contributed by atoms with Crippen molar-refractivity contribution in [1.82, 2.24) is 15.2 Å². The molecule has 3 amide bonds. The van der Waals surface area contributed by atoms with Gasteiger partial charge in [0.2, 0.25) is 13.0 Å². The fraction of sp³-hybridized carbons (Fsp3) is 0.167. The zero-order chi connectivity index (χ0) is 33.5. The summed E-state index contributed by atoms with van der Waals surface area (Å²) in [4.78, 5) is 73.0. The molecule has 2 atom stereocenters. The number of hydrogen-bond acceptors (Lipinski definition) is 11. The topological polar surface area (TPSA) is 177 Å². The number of anilines is 1. The van der Waals surface area contributed by atoms with Gasteiger partial charge in [0.15, 0.2) is 16.9 Å². The van der Waals surface area contributed by atoms with Crippen LogP contribution in [0.3, 0.4) is 0 Å². The fourth-order valence-corrected chi connectivity index (χ4v) is 7.21. The molecule has 3 aromatic rings. The molecule has 0 bridgehead atoms. The maximum Gasteiger partial charge on any atom is 0.352 e. The van der Waals surface area contributed by atoms with Gasteiger partial charge in [-0.1, -0.05) is 65.8 Å². The first-order valence-corrected chi connectivity index (χ1v) is 17.1. The number of hydrogen-bond donors (Lipinski definition) is 3. The second-order valence-electron chi connectivity index (χ2n) is 9.68. The molecule has 0 spiro atoms. The molecule has 0 aliphatic carbocycles. The van der Waals surface area contributed by atoms with Crippen molar-refractivity contribution in [3.05, 3.63) is 104 Å². The number of allylic oxidation sites excluding steroid dienone is 1. The number of amides is 3. The Balaban J connectivity index is 1.32. The van der Waals surface area contributed by atoms with Crippen LogP contribution in [-0.4, -0.2) is 74.6 Å². The number of benzene rings is 2. The third-order valence-corrected chi connectivity index (χ3v) is 9.24. The number of ether oxygens (including phenoxy) is 1. The first-order valence-electron chi connectivity index (χ1n) is 13.6. The van der Waals surface area contributed by atoms with E-state index in [1.807, 2.05) is 60.7 Å². The Morgan fingerprint density at radius 2 is 1.77 bits per heavy atom. The van der Waals surface area contributed by atoms with Crippen molar-refractivity contribution in [3.8, 4) is 0 Å². The van der Waals surface area contributed by atoms with Crippen LogP contribution in [0.5, 0.6) is 0 Å². The highest BCUT2D eigenvalue weighted by molar-refractivity contribution is 9.28. The van der Waals surface area contributed by atoms with Crippen molar-refractivity contribution in [2.75, 3.05) is 17.7 Å². The third kappa shape index (κ3) is 7.98. The molecule has 2 aliphatic rings. The number of carbonyl (C=O) groups is 5. The van der Waals surface area contributed by atoms with E-state index in [4.69, 9.17) is 9.57 Å². The number of halogens is 2. The van der Waals surface area contributed by atoms with E-state index >= 15 is 0 Å². The highest BCUT2D eigenvalue weighted by Crippen LogP contribution is 2.41. The van der Waals surface area contributed by atoms with Gasteiger partial charge < -0.3 is 25.3 Å². The van der Waals surface area contributed by atoms with Gasteiger partial charge in [0.05, 0.1) is 3.39 Å². The molecule has 242 valence electrons. The van der Waals surface area contributed by atoms with Crippen molar-refractivity contribution < 1.29 is 38.7 Å². The maximum atomic E-state index is 13.5. The van der Waals surface area contributed by atoms with Crippen molar-refractivity contribution in [2.24, 2.45) is 5.16 Å². The molecule has 0 saturated carbocycles. The minimum absolute atomic E-state index is 0.00249. The lowest BCUT2D eigenvalue weighted by Gasteiger charge is -2.49. The van der Waals surface area contributed by atoms with Crippen LogP contribution in [0.4, 0.5) is 5.13 Å². The van der Waals surface area contributed by atoms with E-state index in [-0.39, 0.29) is 28.0 Å². The van der Waals surface area contributed by atoms with E-state index in [2.05, 4.69) is 52.6 Å². The van der Waals surface area contributed by atoms with Gasteiger partial charge in [-0.2, -0.15) is 0 Å². The average Bonchev–Trinajstić information content (AvgIpc) is 3.52. The Morgan fingerprint density at radius 3 is 2.36 bits per heavy atom. The normalized spacial score (nSPS) is 17.3. The van der Waals surface area contributed by atoms with Crippen LogP contribution in [-0.2, 0) is 33.5 Å². The summed E-state index contributed by atoms with van der Waals surface area (Å²) < 4.78 is 6.22. The Bertz CT molecular complexity index is 1740. The number of rotatable bonds is 13. The number of aromatic nitrogens is 1. The molecule has 2 aliphatic heterocycles. The molecule has 3 heterocycles. The van der Waals surface area contributed by atoms with Crippen molar-refractivity contribution >= 4 is 96.0 Å². The second-order valence-corrected chi connectivity index (χ2v) is 14.4. The van der Waals surface area contributed by atoms with E-state index in [9.17, 15) is 29.1 Å². The van der Waals surface area contributed by atoms with Gasteiger partial charge in [0, 0.05) is 11.1 Å². The Hall–Kier alpha value is -4.32. The van der Waals surface area contributed by atoms with Crippen LogP contribution in [0.1, 0.15) is 22.9 Å². The summed E-state index contributed by atoms with van der Waals surface area (Å²) in [6, 6.07) is 17.2. The van der Waals surface area contributed by atoms with Crippen molar-refractivity contribution in [2.45, 2.75) is 17.5 Å². The monoisotopic (exact) mass is 803 g/mol. The molecular formula is C30H23Br2N5O8S2. The van der Waals surface area contributed by atoms with Gasteiger partial charge in [-0.25, -0.2) is 14.6 Å².